The Morgan fingerprint density at radius 1 is 1.22 bits per heavy atom. The van der Waals surface area contributed by atoms with Gasteiger partial charge in [-0.15, -0.1) is 0 Å². The first-order valence-corrected chi connectivity index (χ1v) is 9.94. The van der Waals surface area contributed by atoms with E-state index in [0.29, 0.717) is 42.1 Å². The molecule has 0 amide bonds. The number of esters is 1. The van der Waals surface area contributed by atoms with Crippen molar-refractivity contribution >= 4 is 28.4 Å². The second-order valence-electron chi connectivity index (χ2n) is 7.21. The first-order valence-electron chi connectivity index (χ1n) is 9.94. The lowest BCUT2D eigenvalue weighted by Gasteiger charge is -2.28. The fourth-order valence-electron chi connectivity index (χ4n) is 3.70. The summed E-state index contributed by atoms with van der Waals surface area (Å²) in [5.41, 5.74) is 0.638. The van der Waals surface area contributed by atoms with Gasteiger partial charge in [-0.2, -0.15) is 8.78 Å². The van der Waals surface area contributed by atoms with E-state index in [1.165, 1.54) is 25.1 Å². The number of nitro groups is 1. The van der Waals surface area contributed by atoms with Crippen LogP contribution in [0, 0.1) is 10.1 Å². The quantitative estimate of drug-likeness (QED) is 0.319. The predicted molar refractivity (Wildman–Crippen MR) is 111 cm³/mol. The summed E-state index contributed by atoms with van der Waals surface area (Å²) in [4.78, 5) is 29.7. The van der Waals surface area contributed by atoms with Crippen LogP contribution >= 0.6 is 0 Å². The number of imidazole rings is 1. The van der Waals surface area contributed by atoms with Crippen molar-refractivity contribution < 1.29 is 28.0 Å². The number of ether oxygens (including phenoxy) is 2. The predicted octanol–water partition coefficient (Wildman–Crippen LogP) is 4.09. The highest BCUT2D eigenvalue weighted by Gasteiger charge is 2.27. The maximum Gasteiger partial charge on any atom is 0.339 e. The summed E-state index contributed by atoms with van der Waals surface area (Å²) in [7, 11) is 0. The summed E-state index contributed by atoms with van der Waals surface area (Å²) in [5, 5.41) is 11.6. The Morgan fingerprint density at radius 2 is 1.94 bits per heavy atom. The molecule has 1 aliphatic heterocycles. The Hall–Kier alpha value is -3.60. The van der Waals surface area contributed by atoms with Crippen LogP contribution in [0.25, 0.3) is 11.0 Å². The number of carbonyl (C=O) groups excluding carboxylic acids is 1. The number of fused-ring (bicyclic) bond motifs is 1. The number of benzene rings is 2. The minimum absolute atomic E-state index is 0.0553. The minimum Gasteiger partial charge on any atom is -0.451 e. The molecule has 0 radical (unpaired) electrons. The lowest BCUT2D eigenvalue weighted by atomic mass is 10.1. The van der Waals surface area contributed by atoms with Gasteiger partial charge in [0.15, 0.2) is 11.9 Å². The summed E-state index contributed by atoms with van der Waals surface area (Å²) in [5.74, 6) is -0.990. The second-order valence-corrected chi connectivity index (χ2v) is 7.21. The highest BCUT2D eigenvalue weighted by molar-refractivity contribution is 5.91. The van der Waals surface area contributed by atoms with Crippen molar-refractivity contribution in [2.75, 3.05) is 31.2 Å². The summed E-state index contributed by atoms with van der Waals surface area (Å²) < 4.78 is 38.7. The van der Waals surface area contributed by atoms with E-state index >= 15 is 0 Å². The fourth-order valence-corrected chi connectivity index (χ4v) is 3.70. The van der Waals surface area contributed by atoms with Crippen molar-refractivity contribution in [1.82, 2.24) is 9.55 Å². The molecule has 1 aliphatic rings. The molecule has 32 heavy (non-hydrogen) atoms. The number of nitrogens with zero attached hydrogens (tertiary/aromatic N) is 4. The standard InChI is InChI=1S/C21H20F2N4O5/c1-13(19-24-15-4-2-3-5-16(15)26(19)21(22)23)32-20(28)14-6-7-17(18(12-14)27(29)30)25-8-10-31-11-9-25/h2-7,12-13,21H,8-11H2,1H3. The molecule has 11 heteroatoms. The van der Waals surface area contributed by atoms with E-state index in [2.05, 4.69) is 4.98 Å². The van der Waals surface area contributed by atoms with Crippen LogP contribution in [-0.4, -0.2) is 46.7 Å². The number of alkyl halides is 2. The molecule has 2 heterocycles. The molecular weight excluding hydrogens is 426 g/mol. The topological polar surface area (TPSA) is 99.7 Å². The van der Waals surface area contributed by atoms with E-state index in [9.17, 15) is 23.7 Å². The number of rotatable bonds is 6. The van der Waals surface area contributed by atoms with E-state index in [1.54, 1.807) is 18.2 Å². The third-order valence-corrected chi connectivity index (χ3v) is 5.23. The van der Waals surface area contributed by atoms with Gasteiger partial charge >= 0.3 is 12.5 Å². The van der Waals surface area contributed by atoms with Crippen LogP contribution in [0.4, 0.5) is 20.2 Å². The highest BCUT2D eigenvalue weighted by Crippen LogP contribution is 2.32. The number of halogens is 2. The molecule has 4 rings (SSSR count). The SMILES string of the molecule is CC(OC(=O)c1ccc(N2CCOCC2)c([N+](=O)[O-])c1)c1nc2ccccc2n1C(F)F. The van der Waals surface area contributed by atoms with Crippen molar-refractivity contribution in [1.29, 1.82) is 0 Å². The molecule has 1 unspecified atom stereocenters. The number of carbonyl (C=O) groups is 1. The number of anilines is 1. The van der Waals surface area contributed by atoms with Gasteiger partial charge in [0.05, 0.1) is 34.7 Å². The Balaban J connectivity index is 1.60. The average molecular weight is 446 g/mol. The van der Waals surface area contributed by atoms with Crippen molar-refractivity contribution in [3.8, 4) is 0 Å². The van der Waals surface area contributed by atoms with Gasteiger partial charge in [-0.05, 0) is 31.2 Å². The molecule has 1 atom stereocenters. The molecule has 0 aliphatic carbocycles. The van der Waals surface area contributed by atoms with Crippen LogP contribution < -0.4 is 4.90 Å². The molecule has 3 aromatic rings. The van der Waals surface area contributed by atoms with Gasteiger partial charge in [0, 0.05) is 19.2 Å². The van der Waals surface area contributed by atoms with Crippen molar-refractivity contribution in [3.63, 3.8) is 0 Å². The summed E-state index contributed by atoms with van der Waals surface area (Å²) in [6, 6.07) is 10.4. The maximum atomic E-state index is 13.7. The zero-order valence-corrected chi connectivity index (χ0v) is 17.1. The molecule has 1 aromatic heterocycles. The summed E-state index contributed by atoms with van der Waals surface area (Å²) >= 11 is 0. The van der Waals surface area contributed by atoms with Gasteiger partial charge in [0.25, 0.3) is 5.69 Å². The van der Waals surface area contributed by atoms with Crippen LogP contribution in [0.15, 0.2) is 42.5 Å². The number of aromatic nitrogens is 2. The van der Waals surface area contributed by atoms with E-state index in [1.807, 2.05) is 4.90 Å². The molecule has 0 N–H and O–H groups in total. The van der Waals surface area contributed by atoms with Crippen LogP contribution in [-0.2, 0) is 9.47 Å². The van der Waals surface area contributed by atoms with Crippen LogP contribution in [0.2, 0.25) is 0 Å². The molecular formula is C21H20F2N4O5. The fraction of sp³-hybridized carbons (Fsp3) is 0.333. The van der Waals surface area contributed by atoms with Gasteiger partial charge in [-0.1, -0.05) is 12.1 Å². The van der Waals surface area contributed by atoms with E-state index < -0.39 is 23.5 Å². The molecule has 1 saturated heterocycles. The largest absolute Gasteiger partial charge is 0.451 e. The molecule has 1 fully saturated rings. The maximum absolute atomic E-state index is 13.7. The second kappa shape index (κ2) is 8.87. The number of morpholine rings is 1. The number of hydrogen-bond donors (Lipinski definition) is 0. The first-order chi connectivity index (χ1) is 15.4. The molecule has 2 aromatic carbocycles. The van der Waals surface area contributed by atoms with E-state index in [4.69, 9.17) is 9.47 Å². The van der Waals surface area contributed by atoms with Crippen molar-refractivity contribution in [2.45, 2.75) is 19.6 Å². The van der Waals surface area contributed by atoms with Gasteiger partial charge in [-0.3, -0.25) is 14.7 Å². The molecule has 0 saturated carbocycles. The molecule has 0 bridgehead atoms. The third-order valence-electron chi connectivity index (χ3n) is 5.23. The van der Waals surface area contributed by atoms with Crippen molar-refractivity contribution in [2.24, 2.45) is 0 Å². The van der Waals surface area contributed by atoms with Crippen LogP contribution in [0.5, 0.6) is 0 Å². The molecule has 0 spiro atoms. The first kappa shape index (κ1) is 21.6. The van der Waals surface area contributed by atoms with E-state index in [0.717, 1.165) is 6.07 Å². The number of para-hydroxylation sites is 2. The molecule has 168 valence electrons. The Morgan fingerprint density at radius 3 is 2.62 bits per heavy atom. The lowest BCUT2D eigenvalue weighted by molar-refractivity contribution is -0.384. The third kappa shape index (κ3) is 4.11. The Bertz CT molecular complexity index is 1160. The van der Waals surface area contributed by atoms with Gasteiger partial charge in [-0.25, -0.2) is 9.78 Å². The monoisotopic (exact) mass is 446 g/mol. The summed E-state index contributed by atoms with van der Waals surface area (Å²) in [6.07, 6.45) is -1.11. The van der Waals surface area contributed by atoms with Crippen molar-refractivity contribution in [3.05, 3.63) is 64.0 Å². The molecule has 9 nitrogen and oxygen atoms in total. The lowest BCUT2D eigenvalue weighted by Crippen LogP contribution is -2.36. The highest BCUT2D eigenvalue weighted by atomic mass is 19.3. The Kier molecular flexibility index (Phi) is 5.99. The minimum atomic E-state index is -2.88. The zero-order valence-electron chi connectivity index (χ0n) is 17.1. The van der Waals surface area contributed by atoms with Crippen LogP contribution in [0.1, 0.15) is 35.8 Å². The number of nitro benzene ring substituents is 1. The van der Waals surface area contributed by atoms with Gasteiger partial charge in [0.1, 0.15) is 5.69 Å². The smallest absolute Gasteiger partial charge is 0.339 e. The van der Waals surface area contributed by atoms with E-state index in [-0.39, 0.29) is 22.6 Å². The number of hydrogen-bond acceptors (Lipinski definition) is 7. The van der Waals surface area contributed by atoms with Gasteiger partial charge in [0.2, 0.25) is 0 Å². The van der Waals surface area contributed by atoms with Crippen LogP contribution in [0.3, 0.4) is 0 Å². The average Bonchev–Trinajstić information content (AvgIpc) is 3.19. The Labute approximate surface area is 181 Å². The van der Waals surface area contributed by atoms with Gasteiger partial charge < -0.3 is 14.4 Å². The zero-order chi connectivity index (χ0) is 22.8. The normalized spacial score (nSPS) is 15.2. The summed E-state index contributed by atoms with van der Waals surface area (Å²) in [6.45, 7) is 0.422.